The number of aliphatic carboxylic acids is 4. The molecule has 0 saturated heterocycles. The summed E-state index contributed by atoms with van der Waals surface area (Å²) in [5.41, 5.74) is 12.4. The zero-order valence-corrected chi connectivity index (χ0v) is 27.3. The minimum absolute atomic E-state index is 0.0141. The van der Waals surface area contributed by atoms with Crippen molar-refractivity contribution in [2.24, 2.45) is 5.73 Å². The van der Waals surface area contributed by atoms with Gasteiger partial charge in [0.2, 0.25) is 5.91 Å². The molecule has 272 valence electrons. The predicted molar refractivity (Wildman–Crippen MR) is 176 cm³/mol. The summed E-state index contributed by atoms with van der Waals surface area (Å²) in [6.45, 7) is -2.58. The number of hydrazine groups is 1. The first-order valence-corrected chi connectivity index (χ1v) is 15.5. The fraction of sp³-hybridized carbons (Fsp3) is 0.406. The van der Waals surface area contributed by atoms with E-state index < -0.39 is 73.8 Å². The van der Waals surface area contributed by atoms with Gasteiger partial charge in [0, 0.05) is 38.3 Å². The summed E-state index contributed by atoms with van der Waals surface area (Å²) in [7, 11) is 0. The van der Waals surface area contributed by atoms with Crippen molar-refractivity contribution in [2.75, 3.05) is 58.9 Å². The van der Waals surface area contributed by atoms with Crippen molar-refractivity contribution in [2.45, 2.75) is 25.4 Å². The number of amides is 3. The number of carbonyl (C=O) groups excluding carboxylic acids is 3. The first-order valence-electron chi connectivity index (χ1n) is 15.5. The SMILES string of the molecule is NC(CCc1ccccc1)C(=O)NNC(=O)c1ccc(CNC(=O)CN(CCN(CC(=O)O)CC(=O)O)CCN(CC(=O)O)CC(=O)O)cc1. The highest BCUT2D eigenvalue weighted by atomic mass is 16.4. The number of nitrogens with two attached hydrogens (primary N) is 1. The Labute approximate surface area is 287 Å². The van der Waals surface area contributed by atoms with Gasteiger partial charge in [-0.15, -0.1) is 0 Å². The monoisotopic (exact) mass is 701 g/mol. The van der Waals surface area contributed by atoms with Crippen LogP contribution in [0.15, 0.2) is 54.6 Å². The van der Waals surface area contributed by atoms with Gasteiger partial charge in [0.25, 0.3) is 11.8 Å². The van der Waals surface area contributed by atoms with E-state index in [4.69, 9.17) is 26.2 Å². The highest BCUT2D eigenvalue weighted by molar-refractivity contribution is 5.95. The second-order valence-corrected chi connectivity index (χ2v) is 11.3. The molecule has 2 aromatic rings. The molecule has 1 unspecified atom stereocenters. The molecule has 0 aliphatic heterocycles. The molecule has 0 bridgehead atoms. The lowest BCUT2D eigenvalue weighted by atomic mass is 10.1. The topological polar surface area (TPSA) is 272 Å². The third kappa shape index (κ3) is 17.1. The normalized spacial score (nSPS) is 11.6. The predicted octanol–water partition coefficient (Wildman–Crippen LogP) is -1.73. The molecule has 0 heterocycles. The number of carbonyl (C=O) groups is 7. The number of rotatable bonds is 23. The van der Waals surface area contributed by atoms with Crippen LogP contribution in [0.4, 0.5) is 0 Å². The van der Waals surface area contributed by atoms with Crippen molar-refractivity contribution in [3.63, 3.8) is 0 Å². The van der Waals surface area contributed by atoms with Crippen LogP contribution in [0.25, 0.3) is 0 Å². The summed E-state index contributed by atoms with van der Waals surface area (Å²) in [6, 6.07) is 14.8. The van der Waals surface area contributed by atoms with Crippen LogP contribution in [-0.2, 0) is 41.7 Å². The van der Waals surface area contributed by atoms with E-state index in [0.717, 1.165) is 15.4 Å². The Kier molecular flexibility index (Phi) is 17.5. The van der Waals surface area contributed by atoms with Crippen LogP contribution in [0.1, 0.15) is 27.9 Å². The van der Waals surface area contributed by atoms with Crippen molar-refractivity contribution in [3.8, 4) is 0 Å². The third-order valence-electron chi connectivity index (χ3n) is 7.20. The Bertz CT molecular complexity index is 1390. The highest BCUT2D eigenvalue weighted by Crippen LogP contribution is 2.06. The van der Waals surface area contributed by atoms with E-state index in [1.54, 1.807) is 12.1 Å². The van der Waals surface area contributed by atoms with Crippen LogP contribution in [0.2, 0.25) is 0 Å². The number of nitrogens with zero attached hydrogens (tertiary/aromatic N) is 3. The maximum absolute atomic E-state index is 12.9. The maximum Gasteiger partial charge on any atom is 0.317 e. The van der Waals surface area contributed by atoms with Crippen molar-refractivity contribution in [1.29, 1.82) is 0 Å². The molecule has 0 radical (unpaired) electrons. The van der Waals surface area contributed by atoms with Crippen molar-refractivity contribution in [1.82, 2.24) is 30.9 Å². The van der Waals surface area contributed by atoms with Crippen LogP contribution in [0.5, 0.6) is 0 Å². The first kappa shape index (κ1) is 40.7. The first-order chi connectivity index (χ1) is 23.7. The van der Waals surface area contributed by atoms with Gasteiger partial charge >= 0.3 is 23.9 Å². The molecule has 0 aliphatic carbocycles. The Morgan fingerprint density at radius 1 is 0.600 bits per heavy atom. The fourth-order valence-corrected chi connectivity index (χ4v) is 4.64. The number of nitrogens with one attached hydrogen (secondary N) is 3. The summed E-state index contributed by atoms with van der Waals surface area (Å²) in [5, 5.41) is 39.2. The van der Waals surface area contributed by atoms with Gasteiger partial charge in [-0.05, 0) is 36.1 Å². The van der Waals surface area contributed by atoms with E-state index in [2.05, 4.69) is 16.2 Å². The van der Waals surface area contributed by atoms with Crippen LogP contribution >= 0.6 is 0 Å². The lowest BCUT2D eigenvalue weighted by Gasteiger charge is -2.28. The van der Waals surface area contributed by atoms with Crippen LogP contribution in [0.3, 0.4) is 0 Å². The van der Waals surface area contributed by atoms with Crippen LogP contribution in [0, 0.1) is 0 Å². The summed E-state index contributed by atoms with van der Waals surface area (Å²) >= 11 is 0. The number of carboxylic acids is 4. The van der Waals surface area contributed by atoms with Gasteiger partial charge in [0.1, 0.15) is 0 Å². The van der Waals surface area contributed by atoms with Gasteiger partial charge in [-0.3, -0.25) is 59.1 Å². The van der Waals surface area contributed by atoms with Gasteiger partial charge in [0.05, 0.1) is 38.8 Å². The lowest BCUT2D eigenvalue weighted by molar-refractivity contribution is -0.143. The third-order valence-corrected chi connectivity index (χ3v) is 7.20. The molecule has 0 spiro atoms. The molecule has 2 aromatic carbocycles. The number of hydrogen-bond donors (Lipinski definition) is 8. The molecule has 3 amide bonds. The molecule has 2 rings (SSSR count). The van der Waals surface area contributed by atoms with E-state index in [9.17, 15) is 33.6 Å². The molecule has 0 saturated carbocycles. The van der Waals surface area contributed by atoms with E-state index in [0.29, 0.717) is 18.4 Å². The Morgan fingerprint density at radius 2 is 1.08 bits per heavy atom. The quantitative estimate of drug-likeness (QED) is 0.0598. The molecule has 50 heavy (non-hydrogen) atoms. The molecule has 0 aromatic heterocycles. The van der Waals surface area contributed by atoms with Crippen molar-refractivity contribution < 1.29 is 54.0 Å². The van der Waals surface area contributed by atoms with E-state index in [-0.39, 0.29) is 44.8 Å². The van der Waals surface area contributed by atoms with Crippen molar-refractivity contribution >= 4 is 41.6 Å². The highest BCUT2D eigenvalue weighted by Gasteiger charge is 2.20. The van der Waals surface area contributed by atoms with Gasteiger partial charge in [-0.1, -0.05) is 42.5 Å². The Hall–Kier alpha value is -5.43. The maximum atomic E-state index is 12.9. The minimum Gasteiger partial charge on any atom is -0.480 e. The minimum atomic E-state index is -1.25. The fourth-order valence-electron chi connectivity index (χ4n) is 4.64. The molecule has 1 atom stereocenters. The number of aryl methyl sites for hydroxylation is 1. The molecule has 18 nitrogen and oxygen atoms in total. The molecule has 9 N–H and O–H groups in total. The smallest absolute Gasteiger partial charge is 0.317 e. The zero-order valence-electron chi connectivity index (χ0n) is 27.3. The number of hydrogen-bond acceptors (Lipinski definition) is 11. The molecule has 0 aliphatic rings. The lowest BCUT2D eigenvalue weighted by Crippen LogP contribution is -2.49. The Morgan fingerprint density at radius 3 is 1.56 bits per heavy atom. The molecular formula is C32H43N7O11. The molecular weight excluding hydrogens is 658 g/mol. The van der Waals surface area contributed by atoms with Gasteiger partial charge in [0.15, 0.2) is 0 Å². The summed E-state index contributed by atoms with van der Waals surface area (Å²) < 4.78 is 0. The van der Waals surface area contributed by atoms with E-state index in [1.807, 2.05) is 30.3 Å². The largest absolute Gasteiger partial charge is 0.480 e. The summed E-state index contributed by atoms with van der Waals surface area (Å²) in [5.74, 6) is -6.62. The Balaban J connectivity index is 1.92. The molecule has 18 heteroatoms. The summed E-state index contributed by atoms with van der Waals surface area (Å²) in [4.78, 5) is 86.3. The van der Waals surface area contributed by atoms with E-state index in [1.165, 1.54) is 17.0 Å². The zero-order chi connectivity index (χ0) is 37.1. The average molecular weight is 702 g/mol. The van der Waals surface area contributed by atoms with Gasteiger partial charge in [-0.25, -0.2) is 0 Å². The second kappa shape index (κ2) is 21.5. The molecule has 0 fully saturated rings. The van der Waals surface area contributed by atoms with Crippen LogP contribution in [-0.4, -0.2) is 142 Å². The van der Waals surface area contributed by atoms with Crippen molar-refractivity contribution in [3.05, 3.63) is 71.3 Å². The standard InChI is InChI=1S/C32H43N7O11/c33-25(11-8-22-4-2-1-3-5-22)32(50)36-35-31(49)24-9-6-23(7-10-24)16-34-26(40)17-37(12-14-38(18-27(41)42)19-28(43)44)13-15-39(20-29(45)46)21-30(47)48/h1-7,9-10,25H,8,11-21,33H2,(H,34,40)(H,35,49)(H,36,50)(H,41,42)(H,43,44)(H,45,46)(H,47,48). The average Bonchev–Trinajstić information content (AvgIpc) is 3.05. The summed E-state index contributed by atoms with van der Waals surface area (Å²) in [6.07, 6.45) is 0.974. The second-order valence-electron chi connectivity index (χ2n) is 11.3. The van der Waals surface area contributed by atoms with E-state index >= 15 is 0 Å². The van der Waals surface area contributed by atoms with Gasteiger partial charge < -0.3 is 31.5 Å². The number of carboxylic acid groups (broad SMARTS) is 4. The number of benzene rings is 2. The van der Waals surface area contributed by atoms with Crippen LogP contribution < -0.4 is 21.9 Å². The van der Waals surface area contributed by atoms with Gasteiger partial charge in [-0.2, -0.15) is 0 Å².